The van der Waals surface area contributed by atoms with Gasteiger partial charge in [0.1, 0.15) is 6.07 Å². The van der Waals surface area contributed by atoms with Crippen LogP contribution in [0, 0.1) is 11.3 Å². The number of hydrogen-bond acceptors (Lipinski definition) is 3. The molecule has 14 heavy (non-hydrogen) atoms. The molecule has 0 saturated carbocycles. The number of rotatable bonds is 1. The monoisotopic (exact) mass is 184 g/mol. The van der Waals surface area contributed by atoms with Crippen molar-refractivity contribution >= 4 is 5.69 Å². The second-order valence-corrected chi connectivity index (χ2v) is 2.88. The molecule has 0 fully saturated rings. The molecule has 1 aromatic heterocycles. The van der Waals surface area contributed by atoms with E-state index in [0.717, 1.165) is 5.69 Å². The zero-order valence-electron chi connectivity index (χ0n) is 7.38. The molecule has 0 spiro atoms. The van der Waals surface area contributed by atoms with Crippen LogP contribution in [-0.4, -0.2) is 9.78 Å². The number of nitriles is 1. The van der Waals surface area contributed by atoms with Crippen LogP contribution in [0.1, 0.15) is 5.56 Å². The first kappa shape index (κ1) is 8.32. The SMILES string of the molecule is N#Cc1cnn(-c2cccc(N)c2)c1. The van der Waals surface area contributed by atoms with E-state index in [-0.39, 0.29) is 0 Å². The number of nitrogens with two attached hydrogens (primary N) is 1. The molecule has 68 valence electrons. The number of nitrogens with zero attached hydrogens (tertiary/aromatic N) is 3. The van der Waals surface area contributed by atoms with Gasteiger partial charge in [-0.2, -0.15) is 10.4 Å². The Hall–Kier alpha value is -2.28. The van der Waals surface area contributed by atoms with Gasteiger partial charge in [0.25, 0.3) is 0 Å². The molecule has 0 unspecified atom stereocenters. The van der Waals surface area contributed by atoms with Crippen molar-refractivity contribution in [1.29, 1.82) is 5.26 Å². The quantitative estimate of drug-likeness (QED) is 0.680. The molecule has 0 radical (unpaired) electrons. The maximum atomic E-state index is 8.62. The maximum Gasteiger partial charge on any atom is 0.102 e. The standard InChI is InChI=1S/C10H8N4/c11-5-8-6-13-14(7-8)10-3-1-2-9(12)4-10/h1-4,6-7H,12H2. The van der Waals surface area contributed by atoms with E-state index < -0.39 is 0 Å². The molecular formula is C10H8N4. The molecule has 0 aliphatic carbocycles. The lowest BCUT2D eigenvalue weighted by molar-refractivity contribution is 0.881. The lowest BCUT2D eigenvalue weighted by Crippen LogP contribution is -1.95. The maximum absolute atomic E-state index is 8.62. The molecule has 0 aliphatic rings. The second-order valence-electron chi connectivity index (χ2n) is 2.88. The van der Waals surface area contributed by atoms with Crippen LogP contribution in [0.2, 0.25) is 0 Å². The summed E-state index contributed by atoms with van der Waals surface area (Å²) in [5.41, 5.74) is 7.69. The van der Waals surface area contributed by atoms with Crippen molar-refractivity contribution in [2.45, 2.75) is 0 Å². The number of aromatic nitrogens is 2. The predicted molar refractivity (Wildman–Crippen MR) is 52.7 cm³/mol. The van der Waals surface area contributed by atoms with Crippen molar-refractivity contribution in [3.05, 3.63) is 42.2 Å². The fraction of sp³-hybridized carbons (Fsp3) is 0. The molecule has 0 atom stereocenters. The molecule has 1 aromatic carbocycles. The number of benzene rings is 1. The predicted octanol–water partition coefficient (Wildman–Crippen LogP) is 1.33. The van der Waals surface area contributed by atoms with Gasteiger partial charge in [0, 0.05) is 11.9 Å². The zero-order valence-corrected chi connectivity index (χ0v) is 7.38. The number of anilines is 1. The van der Waals surface area contributed by atoms with Gasteiger partial charge in [-0.15, -0.1) is 0 Å². The summed E-state index contributed by atoms with van der Waals surface area (Å²) >= 11 is 0. The minimum Gasteiger partial charge on any atom is -0.399 e. The molecule has 0 amide bonds. The fourth-order valence-corrected chi connectivity index (χ4v) is 1.19. The smallest absolute Gasteiger partial charge is 0.102 e. The highest BCUT2D eigenvalue weighted by Crippen LogP contribution is 2.11. The topological polar surface area (TPSA) is 67.6 Å². The first-order valence-electron chi connectivity index (χ1n) is 4.10. The van der Waals surface area contributed by atoms with E-state index in [4.69, 9.17) is 11.0 Å². The van der Waals surface area contributed by atoms with E-state index >= 15 is 0 Å². The molecular weight excluding hydrogens is 176 g/mol. The molecule has 0 aliphatic heterocycles. The minimum absolute atomic E-state index is 0.535. The summed E-state index contributed by atoms with van der Waals surface area (Å²) in [6.45, 7) is 0. The molecule has 2 rings (SSSR count). The van der Waals surface area contributed by atoms with E-state index in [9.17, 15) is 0 Å². The van der Waals surface area contributed by atoms with Gasteiger partial charge >= 0.3 is 0 Å². The van der Waals surface area contributed by atoms with Crippen LogP contribution in [0.15, 0.2) is 36.7 Å². The summed E-state index contributed by atoms with van der Waals surface area (Å²) in [6, 6.07) is 9.35. The Morgan fingerprint density at radius 1 is 1.43 bits per heavy atom. The average Bonchev–Trinajstić information content (AvgIpc) is 2.66. The highest BCUT2D eigenvalue weighted by Gasteiger charge is 1.99. The molecule has 4 heteroatoms. The Morgan fingerprint density at radius 3 is 2.93 bits per heavy atom. The minimum atomic E-state index is 0.535. The van der Waals surface area contributed by atoms with E-state index in [1.54, 1.807) is 23.0 Å². The fourth-order valence-electron chi connectivity index (χ4n) is 1.19. The summed E-state index contributed by atoms with van der Waals surface area (Å²) < 4.78 is 1.62. The van der Waals surface area contributed by atoms with Gasteiger partial charge in [-0.25, -0.2) is 4.68 Å². The summed E-state index contributed by atoms with van der Waals surface area (Å²) in [7, 11) is 0. The largest absolute Gasteiger partial charge is 0.399 e. The molecule has 2 N–H and O–H groups in total. The Labute approximate surface area is 81.2 Å². The van der Waals surface area contributed by atoms with Crippen LogP contribution in [0.25, 0.3) is 5.69 Å². The van der Waals surface area contributed by atoms with Gasteiger partial charge in [-0.3, -0.25) is 0 Å². The first-order chi connectivity index (χ1) is 6.79. The van der Waals surface area contributed by atoms with Gasteiger partial charge in [0.2, 0.25) is 0 Å². The molecule has 2 aromatic rings. The third-order valence-corrected chi connectivity index (χ3v) is 1.85. The van der Waals surface area contributed by atoms with E-state index in [1.165, 1.54) is 6.20 Å². The Balaban J connectivity index is 2.45. The second kappa shape index (κ2) is 3.23. The average molecular weight is 184 g/mol. The van der Waals surface area contributed by atoms with Crippen molar-refractivity contribution < 1.29 is 0 Å². The Bertz CT molecular complexity index is 493. The Kier molecular flexibility index (Phi) is 1.92. The van der Waals surface area contributed by atoms with Crippen molar-refractivity contribution in [1.82, 2.24) is 9.78 Å². The lowest BCUT2D eigenvalue weighted by Gasteiger charge is -2.00. The van der Waals surface area contributed by atoms with Crippen LogP contribution in [0.4, 0.5) is 5.69 Å². The normalized spacial score (nSPS) is 9.64. The summed E-state index contributed by atoms with van der Waals surface area (Å²) in [5.74, 6) is 0. The van der Waals surface area contributed by atoms with Crippen molar-refractivity contribution in [2.24, 2.45) is 0 Å². The van der Waals surface area contributed by atoms with Gasteiger partial charge in [-0.1, -0.05) is 6.07 Å². The highest BCUT2D eigenvalue weighted by molar-refractivity contribution is 5.47. The highest BCUT2D eigenvalue weighted by atomic mass is 15.3. The number of hydrogen-bond donors (Lipinski definition) is 1. The molecule has 4 nitrogen and oxygen atoms in total. The number of nitrogen functional groups attached to an aromatic ring is 1. The summed E-state index contributed by atoms with van der Waals surface area (Å²) in [4.78, 5) is 0. The van der Waals surface area contributed by atoms with E-state index in [0.29, 0.717) is 11.3 Å². The van der Waals surface area contributed by atoms with E-state index in [2.05, 4.69) is 5.10 Å². The third kappa shape index (κ3) is 1.43. The molecule has 1 heterocycles. The first-order valence-corrected chi connectivity index (χ1v) is 4.10. The zero-order chi connectivity index (χ0) is 9.97. The van der Waals surface area contributed by atoms with Gasteiger partial charge in [0.05, 0.1) is 17.4 Å². The van der Waals surface area contributed by atoms with Crippen molar-refractivity contribution in [3.8, 4) is 11.8 Å². The third-order valence-electron chi connectivity index (χ3n) is 1.85. The van der Waals surface area contributed by atoms with Crippen molar-refractivity contribution in [2.75, 3.05) is 5.73 Å². The summed E-state index contributed by atoms with van der Waals surface area (Å²) in [6.07, 6.45) is 3.18. The molecule has 0 saturated heterocycles. The van der Waals surface area contributed by atoms with Gasteiger partial charge in [0.15, 0.2) is 0 Å². The van der Waals surface area contributed by atoms with E-state index in [1.807, 2.05) is 18.2 Å². The Morgan fingerprint density at radius 2 is 2.29 bits per heavy atom. The van der Waals surface area contributed by atoms with Gasteiger partial charge in [-0.05, 0) is 18.2 Å². The van der Waals surface area contributed by atoms with Crippen LogP contribution in [-0.2, 0) is 0 Å². The summed E-state index contributed by atoms with van der Waals surface area (Å²) in [5, 5.41) is 12.7. The molecule has 0 bridgehead atoms. The van der Waals surface area contributed by atoms with Crippen LogP contribution >= 0.6 is 0 Å². The van der Waals surface area contributed by atoms with Crippen LogP contribution in [0.3, 0.4) is 0 Å². The van der Waals surface area contributed by atoms with Crippen LogP contribution < -0.4 is 5.73 Å². The lowest BCUT2D eigenvalue weighted by atomic mass is 10.3. The van der Waals surface area contributed by atoms with Crippen LogP contribution in [0.5, 0.6) is 0 Å². The van der Waals surface area contributed by atoms with Gasteiger partial charge < -0.3 is 5.73 Å². The van der Waals surface area contributed by atoms with Crippen molar-refractivity contribution in [3.63, 3.8) is 0 Å².